The summed E-state index contributed by atoms with van der Waals surface area (Å²) in [6, 6.07) is 5.47. The maximum atomic E-state index is 15.8. The van der Waals surface area contributed by atoms with Crippen molar-refractivity contribution < 1.29 is 27.1 Å². The molecule has 1 saturated heterocycles. The standard InChI is InChI=1S/C22H20ClF4N3O2/c1-13-8-15(2-3-16(13)22(25,26)27)30-6-4-21(24,5-7-30)20-17(23)9-14(10-28-20)19-18(11-31)29-12-32-19/h2-3,8-10,12,31H,4-7,11H2,1H3. The zero-order valence-electron chi connectivity index (χ0n) is 17.1. The summed E-state index contributed by atoms with van der Waals surface area (Å²) in [5.74, 6) is 0.314. The Morgan fingerprint density at radius 1 is 1.19 bits per heavy atom. The monoisotopic (exact) mass is 469 g/mol. The average Bonchev–Trinajstić information content (AvgIpc) is 3.22. The number of hydrogen-bond donors (Lipinski definition) is 1. The largest absolute Gasteiger partial charge is 0.443 e. The van der Waals surface area contributed by atoms with Gasteiger partial charge in [-0.1, -0.05) is 11.6 Å². The SMILES string of the molecule is Cc1cc(N2CCC(F)(c3ncc(-c4ocnc4CO)cc3Cl)CC2)ccc1C(F)(F)F. The molecule has 1 fully saturated rings. The maximum absolute atomic E-state index is 15.8. The summed E-state index contributed by atoms with van der Waals surface area (Å²) in [6.45, 7) is 1.70. The van der Waals surface area contributed by atoms with Crippen LogP contribution in [0.4, 0.5) is 23.2 Å². The van der Waals surface area contributed by atoms with Crippen LogP contribution in [0.15, 0.2) is 41.3 Å². The van der Waals surface area contributed by atoms with Gasteiger partial charge in [-0.25, -0.2) is 9.37 Å². The number of aliphatic hydroxyl groups is 1. The van der Waals surface area contributed by atoms with Crippen LogP contribution in [-0.4, -0.2) is 28.2 Å². The lowest BCUT2D eigenvalue weighted by molar-refractivity contribution is -0.138. The number of alkyl halides is 4. The van der Waals surface area contributed by atoms with Crippen LogP contribution in [0.3, 0.4) is 0 Å². The fourth-order valence-electron chi connectivity index (χ4n) is 4.03. The average molecular weight is 470 g/mol. The Labute approximate surface area is 186 Å². The number of aromatic nitrogens is 2. The van der Waals surface area contributed by atoms with Crippen molar-refractivity contribution in [3.63, 3.8) is 0 Å². The van der Waals surface area contributed by atoms with E-state index in [4.69, 9.17) is 16.0 Å². The van der Waals surface area contributed by atoms with E-state index in [-0.39, 0.29) is 35.7 Å². The highest BCUT2D eigenvalue weighted by Crippen LogP contribution is 2.42. The molecule has 1 aliphatic heterocycles. The minimum atomic E-state index is -4.41. The number of aliphatic hydroxyl groups excluding tert-OH is 1. The van der Waals surface area contributed by atoms with Gasteiger partial charge in [-0.15, -0.1) is 0 Å². The number of oxazole rings is 1. The number of halogens is 5. The van der Waals surface area contributed by atoms with Crippen LogP contribution < -0.4 is 4.90 Å². The molecule has 0 aliphatic carbocycles. The summed E-state index contributed by atoms with van der Waals surface area (Å²) < 4.78 is 60.1. The quantitative estimate of drug-likeness (QED) is 0.498. The Morgan fingerprint density at radius 3 is 2.50 bits per heavy atom. The molecule has 5 nitrogen and oxygen atoms in total. The molecule has 3 heterocycles. The van der Waals surface area contributed by atoms with E-state index in [2.05, 4.69) is 9.97 Å². The summed E-state index contributed by atoms with van der Waals surface area (Å²) in [7, 11) is 0. The van der Waals surface area contributed by atoms with Crippen molar-refractivity contribution in [2.45, 2.75) is 38.2 Å². The number of benzene rings is 1. The van der Waals surface area contributed by atoms with Gasteiger partial charge in [-0.3, -0.25) is 4.98 Å². The van der Waals surface area contributed by atoms with Gasteiger partial charge in [0.25, 0.3) is 0 Å². The first-order chi connectivity index (χ1) is 15.1. The highest BCUT2D eigenvalue weighted by atomic mass is 35.5. The number of aryl methyl sites for hydroxylation is 1. The van der Waals surface area contributed by atoms with E-state index in [9.17, 15) is 18.3 Å². The van der Waals surface area contributed by atoms with E-state index in [0.717, 1.165) is 6.07 Å². The molecule has 0 unspecified atom stereocenters. The summed E-state index contributed by atoms with van der Waals surface area (Å²) in [5.41, 5.74) is -0.793. The summed E-state index contributed by atoms with van der Waals surface area (Å²) in [4.78, 5) is 9.99. The van der Waals surface area contributed by atoms with Gasteiger partial charge in [0.05, 0.1) is 22.9 Å². The smallest absolute Gasteiger partial charge is 0.416 e. The topological polar surface area (TPSA) is 62.4 Å². The third-order valence-corrected chi connectivity index (χ3v) is 6.04. The normalized spacial score (nSPS) is 16.4. The van der Waals surface area contributed by atoms with Crippen LogP contribution in [0.1, 0.15) is 35.4 Å². The Balaban J connectivity index is 1.51. The van der Waals surface area contributed by atoms with Crippen LogP contribution >= 0.6 is 11.6 Å². The van der Waals surface area contributed by atoms with Crippen LogP contribution in [0, 0.1) is 6.92 Å². The molecule has 0 saturated carbocycles. The predicted molar refractivity (Wildman–Crippen MR) is 111 cm³/mol. The predicted octanol–water partition coefficient (Wildman–Crippen LogP) is 5.67. The van der Waals surface area contributed by atoms with Gasteiger partial charge in [0.1, 0.15) is 5.69 Å². The van der Waals surface area contributed by atoms with Gasteiger partial charge in [0.15, 0.2) is 17.8 Å². The molecule has 4 rings (SSSR count). The van der Waals surface area contributed by atoms with Crippen molar-refractivity contribution in [1.29, 1.82) is 0 Å². The molecular formula is C22H20ClF4N3O2. The second kappa shape index (κ2) is 8.37. The van der Waals surface area contributed by atoms with E-state index >= 15 is 4.39 Å². The molecule has 0 atom stereocenters. The Kier molecular flexibility index (Phi) is 5.89. The Hall–Kier alpha value is -2.65. The first kappa shape index (κ1) is 22.5. The fraction of sp³-hybridized carbons (Fsp3) is 0.364. The van der Waals surface area contributed by atoms with E-state index in [1.54, 1.807) is 0 Å². The molecule has 0 amide bonds. The Morgan fingerprint density at radius 2 is 1.91 bits per heavy atom. The molecule has 170 valence electrons. The molecule has 32 heavy (non-hydrogen) atoms. The van der Waals surface area contributed by atoms with Crippen molar-refractivity contribution >= 4 is 17.3 Å². The van der Waals surface area contributed by atoms with E-state index in [1.807, 2.05) is 4.90 Å². The molecule has 0 bridgehead atoms. The summed E-state index contributed by atoms with van der Waals surface area (Å²) >= 11 is 6.35. The zero-order valence-corrected chi connectivity index (χ0v) is 17.8. The number of rotatable bonds is 4. The summed E-state index contributed by atoms with van der Waals surface area (Å²) in [6.07, 6.45) is -1.62. The Bertz CT molecular complexity index is 1120. The maximum Gasteiger partial charge on any atom is 0.416 e. The highest BCUT2D eigenvalue weighted by Gasteiger charge is 2.40. The molecule has 1 aromatic carbocycles. The van der Waals surface area contributed by atoms with Crippen LogP contribution in [-0.2, 0) is 18.5 Å². The van der Waals surface area contributed by atoms with Crippen LogP contribution in [0.25, 0.3) is 11.3 Å². The van der Waals surface area contributed by atoms with Crippen molar-refractivity contribution in [3.05, 3.63) is 64.4 Å². The van der Waals surface area contributed by atoms with Gasteiger partial charge in [0.2, 0.25) is 0 Å². The van der Waals surface area contributed by atoms with Crippen molar-refractivity contribution in [3.8, 4) is 11.3 Å². The molecule has 10 heteroatoms. The first-order valence-corrected chi connectivity index (χ1v) is 10.3. The molecule has 0 radical (unpaired) electrons. The number of nitrogens with zero attached hydrogens (tertiary/aromatic N) is 3. The molecular weight excluding hydrogens is 450 g/mol. The van der Waals surface area contributed by atoms with Gasteiger partial charge < -0.3 is 14.4 Å². The summed E-state index contributed by atoms with van der Waals surface area (Å²) in [5, 5.41) is 9.46. The van der Waals surface area contributed by atoms with Crippen molar-refractivity contribution in [2.75, 3.05) is 18.0 Å². The number of piperidine rings is 1. The number of pyridine rings is 1. The van der Waals surface area contributed by atoms with E-state index in [1.165, 1.54) is 37.7 Å². The zero-order chi connectivity index (χ0) is 23.1. The minimum absolute atomic E-state index is 0.0866. The van der Waals surface area contributed by atoms with Crippen LogP contribution in [0.5, 0.6) is 0 Å². The highest BCUT2D eigenvalue weighted by molar-refractivity contribution is 6.31. The lowest BCUT2D eigenvalue weighted by Gasteiger charge is -2.37. The van der Waals surface area contributed by atoms with Gasteiger partial charge in [-0.2, -0.15) is 13.2 Å². The molecule has 1 aliphatic rings. The first-order valence-electron chi connectivity index (χ1n) is 9.94. The fourth-order valence-corrected chi connectivity index (χ4v) is 4.36. The van der Waals surface area contributed by atoms with Crippen molar-refractivity contribution in [1.82, 2.24) is 9.97 Å². The molecule has 0 spiro atoms. The van der Waals surface area contributed by atoms with Gasteiger partial charge in [0, 0.05) is 43.4 Å². The second-order valence-corrected chi connectivity index (χ2v) is 8.20. The van der Waals surface area contributed by atoms with Crippen molar-refractivity contribution in [2.24, 2.45) is 0 Å². The van der Waals surface area contributed by atoms with E-state index in [0.29, 0.717) is 35.8 Å². The van der Waals surface area contributed by atoms with Crippen LogP contribution in [0.2, 0.25) is 5.02 Å². The minimum Gasteiger partial charge on any atom is -0.443 e. The lowest BCUT2D eigenvalue weighted by atomic mass is 9.88. The molecule has 2 aromatic heterocycles. The van der Waals surface area contributed by atoms with E-state index < -0.39 is 17.4 Å². The number of hydrogen-bond acceptors (Lipinski definition) is 5. The van der Waals surface area contributed by atoms with Gasteiger partial charge >= 0.3 is 6.18 Å². The second-order valence-electron chi connectivity index (χ2n) is 7.79. The lowest BCUT2D eigenvalue weighted by Crippen LogP contribution is -2.41. The molecule has 3 aromatic rings. The number of anilines is 1. The van der Waals surface area contributed by atoms with Gasteiger partial charge in [-0.05, 0) is 36.8 Å². The molecule has 1 N–H and O–H groups in total. The third-order valence-electron chi connectivity index (χ3n) is 5.76. The third kappa shape index (κ3) is 4.19.